The highest BCUT2D eigenvalue weighted by molar-refractivity contribution is 5.97. The quantitative estimate of drug-likeness (QED) is 0.395. The molecule has 6 rings (SSSR count). The highest BCUT2D eigenvalue weighted by Crippen LogP contribution is 2.66. The van der Waals surface area contributed by atoms with E-state index in [4.69, 9.17) is 9.47 Å². The van der Waals surface area contributed by atoms with Crippen LogP contribution in [0.15, 0.2) is 84.9 Å². The molecular formula is C29H24O4. The summed E-state index contributed by atoms with van der Waals surface area (Å²) in [5.41, 5.74) is 8.49. The topological polar surface area (TPSA) is 58.9 Å². The zero-order valence-electron chi connectivity index (χ0n) is 18.1. The van der Waals surface area contributed by atoms with Crippen LogP contribution in [0.4, 0.5) is 0 Å². The maximum absolute atomic E-state index is 9.49. The van der Waals surface area contributed by atoms with Crippen molar-refractivity contribution in [2.24, 2.45) is 0 Å². The van der Waals surface area contributed by atoms with Crippen molar-refractivity contribution in [3.8, 4) is 33.8 Å². The van der Waals surface area contributed by atoms with Crippen LogP contribution in [0, 0.1) is 0 Å². The van der Waals surface area contributed by atoms with E-state index in [9.17, 15) is 10.2 Å². The lowest BCUT2D eigenvalue weighted by molar-refractivity contribution is 0.198. The van der Waals surface area contributed by atoms with Gasteiger partial charge in [-0.2, -0.15) is 0 Å². The Labute approximate surface area is 192 Å². The van der Waals surface area contributed by atoms with Gasteiger partial charge in [0.15, 0.2) is 0 Å². The summed E-state index contributed by atoms with van der Waals surface area (Å²) in [5, 5.41) is 19.0. The Kier molecular flexibility index (Phi) is 4.72. The van der Waals surface area contributed by atoms with Crippen molar-refractivity contribution in [2.45, 2.75) is 5.41 Å². The van der Waals surface area contributed by atoms with Crippen LogP contribution in [0.25, 0.3) is 22.3 Å². The van der Waals surface area contributed by atoms with E-state index in [0.29, 0.717) is 0 Å². The van der Waals surface area contributed by atoms with E-state index in [1.54, 1.807) is 0 Å². The Morgan fingerprint density at radius 3 is 1.39 bits per heavy atom. The number of aliphatic hydroxyl groups is 2. The lowest BCUT2D eigenvalue weighted by atomic mass is 9.70. The molecule has 4 heteroatoms. The average Bonchev–Trinajstić information content (AvgIpc) is 3.34. The van der Waals surface area contributed by atoms with Crippen molar-refractivity contribution >= 4 is 0 Å². The number of rotatable bonds is 6. The molecule has 164 valence electrons. The monoisotopic (exact) mass is 436 g/mol. The van der Waals surface area contributed by atoms with Gasteiger partial charge in [-0.15, -0.1) is 0 Å². The molecule has 0 radical (unpaired) electrons. The minimum absolute atomic E-state index is 0.0539. The SMILES string of the molecule is OCCOc1cccc2c1C1(c3ccccc3-2)c2ccccc2-c2cccc(OCCO)c21. The minimum atomic E-state index is -0.615. The van der Waals surface area contributed by atoms with Gasteiger partial charge in [0, 0.05) is 11.1 Å². The second-order valence-corrected chi connectivity index (χ2v) is 8.34. The molecule has 0 atom stereocenters. The molecule has 33 heavy (non-hydrogen) atoms. The number of fused-ring (bicyclic) bond motifs is 10. The average molecular weight is 437 g/mol. The lowest BCUT2D eigenvalue weighted by Crippen LogP contribution is -2.27. The molecule has 0 fully saturated rings. The summed E-state index contributed by atoms with van der Waals surface area (Å²) < 4.78 is 12.3. The molecule has 4 aromatic rings. The number of hydrogen-bond acceptors (Lipinski definition) is 4. The van der Waals surface area contributed by atoms with Crippen LogP contribution in [-0.4, -0.2) is 36.6 Å². The first-order valence-electron chi connectivity index (χ1n) is 11.3. The second kappa shape index (κ2) is 7.77. The predicted molar refractivity (Wildman–Crippen MR) is 128 cm³/mol. The Hall–Kier alpha value is -3.60. The molecule has 0 amide bonds. The third-order valence-corrected chi connectivity index (χ3v) is 6.74. The van der Waals surface area contributed by atoms with Gasteiger partial charge in [0.05, 0.1) is 18.6 Å². The van der Waals surface area contributed by atoms with E-state index in [0.717, 1.165) is 33.8 Å². The van der Waals surface area contributed by atoms with E-state index >= 15 is 0 Å². The summed E-state index contributed by atoms with van der Waals surface area (Å²) >= 11 is 0. The predicted octanol–water partition coefficient (Wildman–Crippen LogP) is 4.77. The number of benzene rings is 4. The summed E-state index contributed by atoms with van der Waals surface area (Å²) in [6.07, 6.45) is 0. The first kappa shape index (κ1) is 20.0. The Morgan fingerprint density at radius 2 is 0.939 bits per heavy atom. The number of hydrogen-bond donors (Lipinski definition) is 2. The van der Waals surface area contributed by atoms with Gasteiger partial charge in [-0.25, -0.2) is 0 Å². The Morgan fingerprint density at radius 1 is 0.515 bits per heavy atom. The number of ether oxygens (including phenoxy) is 2. The Bertz CT molecular complexity index is 1250. The zero-order chi connectivity index (χ0) is 22.4. The van der Waals surface area contributed by atoms with Crippen molar-refractivity contribution in [2.75, 3.05) is 26.4 Å². The highest BCUT2D eigenvalue weighted by atomic mass is 16.5. The fraction of sp³-hybridized carbons (Fsp3) is 0.172. The largest absolute Gasteiger partial charge is 0.491 e. The zero-order valence-corrected chi connectivity index (χ0v) is 18.1. The highest BCUT2D eigenvalue weighted by Gasteiger charge is 2.54. The summed E-state index contributed by atoms with van der Waals surface area (Å²) in [5.74, 6) is 1.52. The van der Waals surface area contributed by atoms with Crippen molar-refractivity contribution in [3.05, 3.63) is 107 Å². The van der Waals surface area contributed by atoms with Crippen LogP contribution in [0.3, 0.4) is 0 Å². The summed E-state index contributed by atoms with van der Waals surface area (Å²) in [6.45, 7) is 0.337. The van der Waals surface area contributed by atoms with Gasteiger partial charge in [-0.3, -0.25) is 0 Å². The molecule has 0 saturated heterocycles. The third-order valence-electron chi connectivity index (χ3n) is 6.74. The van der Waals surface area contributed by atoms with Crippen molar-refractivity contribution in [3.63, 3.8) is 0 Å². The molecule has 0 unspecified atom stereocenters. The fourth-order valence-corrected chi connectivity index (χ4v) is 5.74. The molecule has 4 aromatic carbocycles. The molecule has 0 bridgehead atoms. The third kappa shape index (κ3) is 2.65. The van der Waals surface area contributed by atoms with E-state index in [2.05, 4.69) is 60.7 Å². The summed E-state index contributed by atoms with van der Waals surface area (Å²) in [7, 11) is 0. The van der Waals surface area contributed by atoms with Crippen LogP contribution in [0.1, 0.15) is 22.3 Å². The van der Waals surface area contributed by atoms with Crippen LogP contribution in [-0.2, 0) is 5.41 Å². The van der Waals surface area contributed by atoms with Crippen LogP contribution < -0.4 is 9.47 Å². The van der Waals surface area contributed by atoms with Crippen LogP contribution >= 0.6 is 0 Å². The molecule has 2 aliphatic rings. The van der Waals surface area contributed by atoms with Gasteiger partial charge < -0.3 is 19.7 Å². The molecule has 0 saturated carbocycles. The van der Waals surface area contributed by atoms with E-state index < -0.39 is 5.41 Å². The number of aliphatic hydroxyl groups excluding tert-OH is 2. The van der Waals surface area contributed by atoms with Crippen molar-refractivity contribution < 1.29 is 19.7 Å². The van der Waals surface area contributed by atoms with Gasteiger partial charge in [0.1, 0.15) is 24.7 Å². The molecule has 0 heterocycles. The molecular weight excluding hydrogens is 412 g/mol. The molecule has 1 spiro atoms. The standard InChI is InChI=1S/C29H24O4/c30-15-17-32-25-13-5-9-21-19-7-1-3-11-23(19)29(27(21)25)24-12-4-2-8-20(24)22-10-6-14-26(28(22)29)33-18-16-31/h1-14,30-31H,15-18H2. The molecule has 0 aliphatic heterocycles. The lowest BCUT2D eigenvalue weighted by Gasteiger charge is -2.32. The minimum Gasteiger partial charge on any atom is -0.491 e. The molecule has 2 aliphatic carbocycles. The van der Waals surface area contributed by atoms with Gasteiger partial charge in [-0.1, -0.05) is 72.8 Å². The van der Waals surface area contributed by atoms with Gasteiger partial charge in [0.2, 0.25) is 0 Å². The second-order valence-electron chi connectivity index (χ2n) is 8.34. The van der Waals surface area contributed by atoms with Gasteiger partial charge in [0.25, 0.3) is 0 Å². The maximum atomic E-state index is 9.49. The molecule has 0 aromatic heterocycles. The maximum Gasteiger partial charge on any atom is 0.124 e. The van der Waals surface area contributed by atoms with Crippen LogP contribution in [0.2, 0.25) is 0 Å². The first-order valence-corrected chi connectivity index (χ1v) is 11.3. The van der Waals surface area contributed by atoms with Crippen molar-refractivity contribution in [1.82, 2.24) is 0 Å². The first-order chi connectivity index (χ1) is 16.3. The van der Waals surface area contributed by atoms with E-state index in [-0.39, 0.29) is 26.4 Å². The van der Waals surface area contributed by atoms with E-state index in [1.807, 2.05) is 24.3 Å². The van der Waals surface area contributed by atoms with Gasteiger partial charge >= 0.3 is 0 Å². The summed E-state index contributed by atoms with van der Waals surface area (Å²) in [4.78, 5) is 0. The van der Waals surface area contributed by atoms with E-state index in [1.165, 1.54) is 22.3 Å². The Balaban J connectivity index is 1.77. The van der Waals surface area contributed by atoms with Crippen LogP contribution in [0.5, 0.6) is 11.5 Å². The van der Waals surface area contributed by atoms with Gasteiger partial charge in [-0.05, 0) is 45.5 Å². The molecule has 4 nitrogen and oxygen atoms in total. The molecule has 2 N–H and O–H groups in total. The smallest absolute Gasteiger partial charge is 0.124 e. The van der Waals surface area contributed by atoms with Crippen molar-refractivity contribution in [1.29, 1.82) is 0 Å². The fourth-order valence-electron chi connectivity index (χ4n) is 5.74. The summed E-state index contributed by atoms with van der Waals surface area (Å²) in [6, 6.07) is 29.3. The normalized spacial score (nSPS) is 13.9.